The van der Waals surface area contributed by atoms with Crippen molar-refractivity contribution < 1.29 is 0 Å². The first-order valence-electron chi connectivity index (χ1n) is 4.71. The van der Waals surface area contributed by atoms with Gasteiger partial charge in [-0.2, -0.15) is 0 Å². The topological polar surface area (TPSA) is 0 Å². The van der Waals surface area contributed by atoms with Crippen LogP contribution in [0.2, 0.25) is 0 Å². The van der Waals surface area contributed by atoms with E-state index in [0.29, 0.717) is 10.8 Å². The van der Waals surface area contributed by atoms with Gasteiger partial charge in [-0.25, -0.2) is 0 Å². The van der Waals surface area contributed by atoms with Crippen LogP contribution in [0.5, 0.6) is 0 Å². The zero-order valence-corrected chi connectivity index (χ0v) is 9.28. The third kappa shape index (κ3) is 6.45. The fourth-order valence-electron chi connectivity index (χ4n) is 1.91. The van der Waals surface area contributed by atoms with E-state index in [1.54, 1.807) is 0 Å². The SMILES string of the molecule is [CH2]/C=C/CC(C)(C)CC(C)(C)C. The van der Waals surface area contributed by atoms with Crippen LogP contribution < -0.4 is 0 Å². The first kappa shape index (κ1) is 11.7. The van der Waals surface area contributed by atoms with Gasteiger partial charge in [0, 0.05) is 0 Å². The largest absolute Gasteiger partial charge is 0.0882 e. The molecular formula is C12H23. The fourth-order valence-corrected chi connectivity index (χ4v) is 1.91. The molecule has 71 valence electrons. The number of hydrogen-bond acceptors (Lipinski definition) is 0. The highest BCUT2D eigenvalue weighted by atomic mass is 14.3. The molecule has 0 aliphatic heterocycles. The second-order valence-electron chi connectivity index (χ2n) is 5.58. The molecule has 0 heteroatoms. The summed E-state index contributed by atoms with van der Waals surface area (Å²) in [4.78, 5) is 0. The standard InChI is InChI=1S/C12H23/c1-7-8-9-12(5,6)10-11(2,3)4/h7-8H,1,9-10H2,2-6H3/b8-7+. The minimum absolute atomic E-state index is 0.409. The van der Waals surface area contributed by atoms with Crippen LogP contribution in [0.25, 0.3) is 0 Å². The van der Waals surface area contributed by atoms with E-state index in [-0.39, 0.29) is 0 Å². The Balaban J connectivity index is 4.04. The van der Waals surface area contributed by atoms with Crippen molar-refractivity contribution in [3.63, 3.8) is 0 Å². The molecule has 0 saturated carbocycles. The van der Waals surface area contributed by atoms with E-state index in [1.807, 2.05) is 6.08 Å². The summed E-state index contributed by atoms with van der Waals surface area (Å²) in [5.41, 5.74) is 0.838. The second-order valence-corrected chi connectivity index (χ2v) is 5.58. The van der Waals surface area contributed by atoms with Gasteiger partial charge in [-0.3, -0.25) is 0 Å². The first-order chi connectivity index (χ1) is 5.27. The molecule has 0 N–H and O–H groups in total. The number of allylic oxidation sites excluding steroid dienone is 2. The molecule has 0 aliphatic carbocycles. The normalized spacial score (nSPS) is 14.2. The quantitative estimate of drug-likeness (QED) is 0.590. The van der Waals surface area contributed by atoms with Gasteiger partial charge in [0.1, 0.15) is 0 Å². The summed E-state index contributed by atoms with van der Waals surface area (Å²) in [5.74, 6) is 0. The summed E-state index contributed by atoms with van der Waals surface area (Å²) in [7, 11) is 0. The van der Waals surface area contributed by atoms with Crippen molar-refractivity contribution in [1.82, 2.24) is 0 Å². The summed E-state index contributed by atoms with van der Waals surface area (Å²) in [6, 6.07) is 0. The zero-order valence-electron chi connectivity index (χ0n) is 9.28. The lowest BCUT2D eigenvalue weighted by molar-refractivity contribution is 0.215. The predicted octanol–water partition coefficient (Wildman–Crippen LogP) is 4.23. The zero-order chi connectivity index (χ0) is 9.83. The maximum absolute atomic E-state index is 3.70. The van der Waals surface area contributed by atoms with Gasteiger partial charge < -0.3 is 0 Å². The van der Waals surface area contributed by atoms with E-state index in [1.165, 1.54) is 6.42 Å². The Hall–Kier alpha value is -0.260. The van der Waals surface area contributed by atoms with Crippen LogP contribution in [0.4, 0.5) is 0 Å². The molecule has 0 amide bonds. The maximum Gasteiger partial charge on any atom is -0.0299 e. The molecule has 0 aromatic carbocycles. The molecule has 0 saturated heterocycles. The summed E-state index contributed by atoms with van der Waals surface area (Å²) < 4.78 is 0. The van der Waals surface area contributed by atoms with Crippen molar-refractivity contribution in [2.75, 3.05) is 0 Å². The molecule has 0 atom stereocenters. The van der Waals surface area contributed by atoms with Crippen molar-refractivity contribution in [3.05, 3.63) is 19.1 Å². The van der Waals surface area contributed by atoms with Gasteiger partial charge in [0.25, 0.3) is 0 Å². The maximum atomic E-state index is 3.70. The molecule has 0 spiro atoms. The molecule has 0 aliphatic rings. The summed E-state index contributed by atoms with van der Waals surface area (Å²) in [6.45, 7) is 15.2. The Labute approximate surface area is 78.1 Å². The molecule has 12 heavy (non-hydrogen) atoms. The minimum atomic E-state index is 0.409. The van der Waals surface area contributed by atoms with Crippen molar-refractivity contribution >= 4 is 0 Å². The molecule has 0 fully saturated rings. The van der Waals surface area contributed by atoms with Gasteiger partial charge in [0.2, 0.25) is 0 Å². The van der Waals surface area contributed by atoms with Crippen LogP contribution in [0.15, 0.2) is 12.2 Å². The summed E-state index contributed by atoms with van der Waals surface area (Å²) >= 11 is 0. The van der Waals surface area contributed by atoms with E-state index >= 15 is 0 Å². The third-order valence-corrected chi connectivity index (χ3v) is 1.85. The molecular weight excluding hydrogens is 144 g/mol. The third-order valence-electron chi connectivity index (χ3n) is 1.85. The fraction of sp³-hybridized carbons (Fsp3) is 0.750. The van der Waals surface area contributed by atoms with E-state index in [2.05, 4.69) is 47.6 Å². The van der Waals surface area contributed by atoms with E-state index < -0.39 is 0 Å². The van der Waals surface area contributed by atoms with Crippen LogP contribution in [0, 0.1) is 17.8 Å². The average molecular weight is 167 g/mol. The van der Waals surface area contributed by atoms with Gasteiger partial charge in [0.15, 0.2) is 0 Å². The monoisotopic (exact) mass is 167 g/mol. The Morgan fingerprint density at radius 2 is 1.58 bits per heavy atom. The van der Waals surface area contributed by atoms with Crippen LogP contribution >= 0.6 is 0 Å². The van der Waals surface area contributed by atoms with Crippen molar-refractivity contribution in [2.45, 2.75) is 47.5 Å². The molecule has 0 aromatic rings. The van der Waals surface area contributed by atoms with Crippen LogP contribution in [-0.2, 0) is 0 Å². The Morgan fingerprint density at radius 1 is 1.08 bits per heavy atom. The summed E-state index contributed by atoms with van der Waals surface area (Å²) in [5, 5.41) is 0. The molecule has 0 bridgehead atoms. The highest BCUT2D eigenvalue weighted by Gasteiger charge is 2.23. The van der Waals surface area contributed by atoms with Gasteiger partial charge >= 0.3 is 0 Å². The van der Waals surface area contributed by atoms with Crippen LogP contribution in [-0.4, -0.2) is 0 Å². The number of hydrogen-bond donors (Lipinski definition) is 0. The molecule has 0 heterocycles. The minimum Gasteiger partial charge on any atom is -0.0882 e. The van der Waals surface area contributed by atoms with Gasteiger partial charge in [-0.1, -0.05) is 46.8 Å². The second kappa shape index (κ2) is 4.11. The van der Waals surface area contributed by atoms with Crippen LogP contribution in [0.1, 0.15) is 47.5 Å². The Bertz CT molecular complexity index is 144. The molecule has 1 radical (unpaired) electrons. The molecule has 0 nitrogen and oxygen atoms in total. The van der Waals surface area contributed by atoms with E-state index in [0.717, 1.165) is 6.42 Å². The van der Waals surface area contributed by atoms with Crippen molar-refractivity contribution in [2.24, 2.45) is 10.8 Å². The molecule has 0 aromatic heterocycles. The highest BCUT2D eigenvalue weighted by molar-refractivity contribution is 4.90. The Morgan fingerprint density at radius 3 is 1.92 bits per heavy atom. The van der Waals surface area contributed by atoms with Gasteiger partial charge in [-0.15, -0.1) is 0 Å². The molecule has 0 unspecified atom stereocenters. The van der Waals surface area contributed by atoms with Gasteiger partial charge in [-0.05, 0) is 30.6 Å². The van der Waals surface area contributed by atoms with Crippen molar-refractivity contribution in [3.8, 4) is 0 Å². The Kier molecular flexibility index (Phi) is 4.02. The lowest BCUT2D eigenvalue weighted by atomic mass is 9.74. The highest BCUT2D eigenvalue weighted by Crippen LogP contribution is 2.35. The predicted molar refractivity (Wildman–Crippen MR) is 57.0 cm³/mol. The molecule has 0 rings (SSSR count). The average Bonchev–Trinajstić information content (AvgIpc) is 1.78. The summed E-state index contributed by atoms with van der Waals surface area (Å²) in [6.07, 6.45) is 6.44. The smallest absolute Gasteiger partial charge is 0.0299 e. The van der Waals surface area contributed by atoms with Crippen LogP contribution in [0.3, 0.4) is 0 Å². The van der Waals surface area contributed by atoms with Gasteiger partial charge in [0.05, 0.1) is 0 Å². The first-order valence-corrected chi connectivity index (χ1v) is 4.71. The lowest BCUT2D eigenvalue weighted by Gasteiger charge is -2.31. The number of rotatable bonds is 3. The van der Waals surface area contributed by atoms with E-state index in [9.17, 15) is 0 Å². The van der Waals surface area contributed by atoms with E-state index in [4.69, 9.17) is 0 Å². The lowest BCUT2D eigenvalue weighted by Crippen LogP contribution is -2.19. The van der Waals surface area contributed by atoms with Crippen molar-refractivity contribution in [1.29, 1.82) is 0 Å².